The zero-order chi connectivity index (χ0) is 21.0. The number of nitrogens with zero attached hydrogens (tertiary/aromatic N) is 2. The number of aromatic nitrogens is 1. The molecule has 2 saturated heterocycles. The van der Waals surface area contributed by atoms with Gasteiger partial charge in [-0.3, -0.25) is 4.98 Å². The van der Waals surface area contributed by atoms with E-state index in [0.29, 0.717) is 18.7 Å². The maximum Gasteiger partial charge on any atom is 0.496 e. The molecule has 3 heterocycles. The molecule has 0 spiro atoms. The molecule has 1 atom stereocenters. The smallest absolute Gasteiger partial charge is 0.444 e. The molecular weight excluding hydrogens is 359 g/mol. The van der Waals surface area contributed by atoms with Gasteiger partial charge in [0.05, 0.1) is 23.4 Å². The van der Waals surface area contributed by atoms with Crippen molar-refractivity contribution in [3.05, 3.63) is 24.0 Å². The number of amides is 1. The van der Waals surface area contributed by atoms with Crippen LogP contribution < -0.4 is 5.46 Å². The minimum Gasteiger partial charge on any atom is -0.444 e. The third-order valence-electron chi connectivity index (χ3n) is 5.69. The monoisotopic (exact) mass is 390 g/mol. The van der Waals surface area contributed by atoms with Gasteiger partial charge in [-0.15, -0.1) is 0 Å². The number of carbonyl (C=O) groups is 1. The van der Waals surface area contributed by atoms with E-state index in [0.717, 1.165) is 5.46 Å². The van der Waals surface area contributed by atoms with Crippen molar-refractivity contribution in [3.8, 4) is 0 Å². The standard InChI is InChI=1S/C20H31BN2O5/c1-17(2,3)26-16(24)23-11-10-20(25,13-23)15-9-8-14(12-22-15)21-27-18(4,5)19(6,7)28-21/h8-9,12,25H,10-11,13H2,1-7H3. The van der Waals surface area contributed by atoms with E-state index in [-0.39, 0.29) is 6.54 Å². The number of β-amino-alcohol motifs (C(OH)–C–C–N with tert-alkyl or cyclic N) is 1. The van der Waals surface area contributed by atoms with Crippen molar-refractivity contribution in [1.82, 2.24) is 9.88 Å². The molecule has 2 aliphatic heterocycles. The predicted molar refractivity (Wildman–Crippen MR) is 106 cm³/mol. The first-order valence-electron chi connectivity index (χ1n) is 9.75. The van der Waals surface area contributed by atoms with Gasteiger partial charge in [-0.05, 0) is 54.5 Å². The zero-order valence-electron chi connectivity index (χ0n) is 17.9. The lowest BCUT2D eigenvalue weighted by atomic mass is 9.80. The Bertz CT molecular complexity index is 728. The lowest BCUT2D eigenvalue weighted by molar-refractivity contribution is 0.00578. The molecule has 2 fully saturated rings. The molecule has 1 N–H and O–H groups in total. The molecule has 28 heavy (non-hydrogen) atoms. The summed E-state index contributed by atoms with van der Waals surface area (Å²) in [6.45, 7) is 14.1. The molecule has 0 saturated carbocycles. The van der Waals surface area contributed by atoms with E-state index in [4.69, 9.17) is 14.0 Å². The van der Waals surface area contributed by atoms with Crippen LogP contribution in [0, 0.1) is 0 Å². The van der Waals surface area contributed by atoms with Crippen molar-refractivity contribution < 1.29 is 23.9 Å². The highest BCUT2D eigenvalue weighted by atomic mass is 16.7. The van der Waals surface area contributed by atoms with Crippen LogP contribution in [-0.2, 0) is 19.6 Å². The van der Waals surface area contributed by atoms with Crippen LogP contribution in [-0.4, -0.2) is 58.1 Å². The lowest BCUT2D eigenvalue weighted by Crippen LogP contribution is -2.41. The second-order valence-corrected chi connectivity index (χ2v) is 9.75. The van der Waals surface area contributed by atoms with E-state index in [1.807, 2.05) is 54.5 Å². The Labute approximate surface area is 167 Å². The maximum absolute atomic E-state index is 12.3. The average Bonchev–Trinajstić information content (AvgIpc) is 3.05. The van der Waals surface area contributed by atoms with Crippen molar-refractivity contribution in [2.75, 3.05) is 13.1 Å². The van der Waals surface area contributed by atoms with E-state index >= 15 is 0 Å². The van der Waals surface area contributed by atoms with Crippen LogP contribution in [0.2, 0.25) is 0 Å². The van der Waals surface area contributed by atoms with Crippen molar-refractivity contribution >= 4 is 18.7 Å². The summed E-state index contributed by atoms with van der Waals surface area (Å²) in [5.74, 6) is 0. The van der Waals surface area contributed by atoms with Gasteiger partial charge in [0.2, 0.25) is 0 Å². The second-order valence-electron chi connectivity index (χ2n) is 9.75. The van der Waals surface area contributed by atoms with Crippen LogP contribution in [0.25, 0.3) is 0 Å². The van der Waals surface area contributed by atoms with Gasteiger partial charge in [-0.25, -0.2) is 4.79 Å². The Morgan fingerprint density at radius 1 is 1.21 bits per heavy atom. The van der Waals surface area contributed by atoms with Crippen molar-refractivity contribution in [1.29, 1.82) is 0 Å². The number of rotatable bonds is 2. The van der Waals surface area contributed by atoms with Crippen LogP contribution in [0.3, 0.4) is 0 Å². The van der Waals surface area contributed by atoms with E-state index in [1.165, 1.54) is 4.90 Å². The van der Waals surface area contributed by atoms with Gasteiger partial charge >= 0.3 is 13.2 Å². The molecule has 1 aromatic heterocycles. The van der Waals surface area contributed by atoms with Crippen LogP contribution in [0.15, 0.2) is 18.3 Å². The fourth-order valence-electron chi connectivity index (χ4n) is 3.28. The minimum atomic E-state index is -1.19. The molecule has 154 valence electrons. The van der Waals surface area contributed by atoms with E-state index in [2.05, 4.69) is 4.98 Å². The first-order valence-corrected chi connectivity index (χ1v) is 9.75. The second kappa shape index (κ2) is 6.71. The molecule has 0 radical (unpaired) electrons. The van der Waals surface area contributed by atoms with Gasteiger partial charge in [0, 0.05) is 24.6 Å². The summed E-state index contributed by atoms with van der Waals surface area (Å²) >= 11 is 0. The number of likely N-dealkylation sites (tertiary alicyclic amines) is 1. The third kappa shape index (κ3) is 4.04. The summed E-state index contributed by atoms with van der Waals surface area (Å²) in [6.07, 6.45) is 1.66. The van der Waals surface area contributed by atoms with E-state index in [1.54, 1.807) is 12.3 Å². The normalized spacial score (nSPS) is 26.6. The van der Waals surface area contributed by atoms with Gasteiger partial charge < -0.3 is 24.1 Å². The molecule has 2 aliphatic rings. The molecule has 3 rings (SSSR count). The molecule has 8 heteroatoms. The molecule has 1 unspecified atom stereocenters. The molecule has 0 aromatic carbocycles. The zero-order valence-corrected chi connectivity index (χ0v) is 17.9. The summed E-state index contributed by atoms with van der Waals surface area (Å²) in [5, 5.41) is 11.0. The summed E-state index contributed by atoms with van der Waals surface area (Å²) < 4.78 is 17.5. The fourth-order valence-corrected chi connectivity index (χ4v) is 3.28. The number of hydrogen-bond donors (Lipinski definition) is 1. The van der Waals surface area contributed by atoms with Gasteiger partial charge in [0.15, 0.2) is 0 Å². The fraction of sp³-hybridized carbons (Fsp3) is 0.700. The lowest BCUT2D eigenvalue weighted by Gasteiger charge is -2.32. The largest absolute Gasteiger partial charge is 0.496 e. The summed E-state index contributed by atoms with van der Waals surface area (Å²) in [6, 6.07) is 3.64. The molecule has 0 aliphatic carbocycles. The first kappa shape index (κ1) is 21.1. The van der Waals surface area contributed by atoms with E-state index in [9.17, 15) is 9.90 Å². The minimum absolute atomic E-state index is 0.157. The highest BCUT2D eigenvalue weighted by molar-refractivity contribution is 6.62. The molecule has 1 amide bonds. The van der Waals surface area contributed by atoms with Crippen LogP contribution in [0.5, 0.6) is 0 Å². The van der Waals surface area contributed by atoms with E-state index < -0.39 is 35.6 Å². The Balaban J connectivity index is 1.70. The number of pyridine rings is 1. The van der Waals surface area contributed by atoms with Gasteiger partial charge in [-0.1, -0.05) is 6.07 Å². The Morgan fingerprint density at radius 3 is 2.32 bits per heavy atom. The summed E-state index contributed by atoms with van der Waals surface area (Å²) in [4.78, 5) is 18.2. The highest BCUT2D eigenvalue weighted by Gasteiger charge is 2.52. The Kier molecular flexibility index (Phi) is 5.05. The molecule has 7 nitrogen and oxygen atoms in total. The third-order valence-corrected chi connectivity index (χ3v) is 5.69. The first-order chi connectivity index (χ1) is 12.7. The maximum atomic E-state index is 12.3. The number of hydrogen-bond acceptors (Lipinski definition) is 6. The van der Waals surface area contributed by atoms with Crippen LogP contribution >= 0.6 is 0 Å². The van der Waals surface area contributed by atoms with Gasteiger partial charge in [0.25, 0.3) is 0 Å². The summed E-state index contributed by atoms with van der Waals surface area (Å²) in [5.41, 5.74) is -1.28. The topological polar surface area (TPSA) is 81.1 Å². The predicted octanol–water partition coefficient (Wildman–Crippen LogP) is 2.21. The van der Waals surface area contributed by atoms with Crippen LogP contribution in [0.1, 0.15) is 60.6 Å². The Hall–Kier alpha value is -1.64. The number of carbonyl (C=O) groups excluding carboxylic acids is 1. The van der Waals surface area contributed by atoms with Gasteiger partial charge in [-0.2, -0.15) is 0 Å². The van der Waals surface area contributed by atoms with Crippen molar-refractivity contribution in [2.24, 2.45) is 0 Å². The van der Waals surface area contributed by atoms with Crippen LogP contribution in [0.4, 0.5) is 4.79 Å². The quantitative estimate of drug-likeness (QED) is 0.780. The summed E-state index contributed by atoms with van der Waals surface area (Å²) in [7, 11) is -0.497. The molecule has 0 bridgehead atoms. The number of ether oxygens (including phenoxy) is 1. The Morgan fingerprint density at radius 2 is 1.82 bits per heavy atom. The number of aliphatic hydroxyl groups is 1. The average molecular weight is 390 g/mol. The SMILES string of the molecule is CC(C)(C)OC(=O)N1CCC(O)(c2ccc(B3OC(C)(C)C(C)(C)O3)cn2)C1. The molecule has 1 aromatic rings. The molecular formula is C20H31BN2O5. The highest BCUT2D eigenvalue weighted by Crippen LogP contribution is 2.36. The van der Waals surface area contributed by atoms with Gasteiger partial charge in [0.1, 0.15) is 11.2 Å². The van der Waals surface area contributed by atoms with Crippen molar-refractivity contribution in [3.63, 3.8) is 0 Å². The van der Waals surface area contributed by atoms with Crippen molar-refractivity contribution in [2.45, 2.75) is 77.3 Å².